The Balaban J connectivity index is 1.79. The Bertz CT molecular complexity index is 962. The number of unbranched alkanes of at least 4 members (excludes halogenated alkanes) is 1. The molecule has 3 heterocycles. The molecule has 0 amide bonds. The molecule has 1 aromatic heterocycles. The van der Waals surface area contributed by atoms with Gasteiger partial charge >= 0.3 is 0 Å². The second kappa shape index (κ2) is 6.30. The van der Waals surface area contributed by atoms with E-state index in [1.165, 1.54) is 48.8 Å². The van der Waals surface area contributed by atoms with Crippen molar-refractivity contribution in [3.63, 3.8) is 0 Å². The van der Waals surface area contributed by atoms with E-state index in [2.05, 4.69) is 74.1 Å². The maximum atomic E-state index is 2.83. The van der Waals surface area contributed by atoms with E-state index < -0.39 is 0 Å². The zero-order chi connectivity index (χ0) is 18.8. The molecule has 0 fully saturated rings. The van der Waals surface area contributed by atoms with Crippen LogP contribution < -0.4 is 0 Å². The first-order valence-corrected chi connectivity index (χ1v) is 11.8. The molecular formula is C25H32NS+. The van der Waals surface area contributed by atoms with Crippen LogP contribution in [0.2, 0.25) is 0 Å². The average molecular weight is 379 g/mol. The summed E-state index contributed by atoms with van der Waals surface area (Å²) in [4.78, 5) is 1.67. The first kappa shape index (κ1) is 17.7. The monoisotopic (exact) mass is 378 g/mol. The third-order valence-electron chi connectivity index (χ3n) is 7.76. The first-order valence-electron chi connectivity index (χ1n) is 11.0. The fourth-order valence-electron chi connectivity index (χ4n) is 6.36. The normalized spacial score (nSPS) is 31.0. The van der Waals surface area contributed by atoms with E-state index in [4.69, 9.17) is 0 Å². The van der Waals surface area contributed by atoms with Crippen molar-refractivity contribution in [2.24, 2.45) is 5.92 Å². The fourth-order valence-corrected chi connectivity index (χ4v) is 7.81. The minimum absolute atomic E-state index is 0.234. The van der Waals surface area contributed by atoms with Crippen LogP contribution in [0, 0.1) is 5.92 Å². The molecule has 4 unspecified atom stereocenters. The van der Waals surface area contributed by atoms with Crippen LogP contribution in [-0.4, -0.2) is 16.3 Å². The van der Waals surface area contributed by atoms with Gasteiger partial charge in [-0.1, -0.05) is 45.8 Å². The molecule has 2 aromatic rings. The van der Waals surface area contributed by atoms with Gasteiger partial charge in [-0.25, -0.2) is 4.58 Å². The van der Waals surface area contributed by atoms with Crippen molar-refractivity contribution in [3.05, 3.63) is 45.9 Å². The molecule has 3 aliphatic rings. The number of thiophene rings is 1. The predicted octanol–water partition coefficient (Wildman–Crippen LogP) is 7.00. The van der Waals surface area contributed by atoms with Gasteiger partial charge < -0.3 is 0 Å². The van der Waals surface area contributed by atoms with Crippen LogP contribution in [0.1, 0.15) is 87.8 Å². The van der Waals surface area contributed by atoms with Crippen LogP contribution in [0.4, 0.5) is 0 Å². The molecule has 0 saturated heterocycles. The molecule has 1 aliphatic carbocycles. The number of allylic oxidation sites excluding steroid dienone is 1. The largest absolute Gasteiger partial charge is 0.221 e. The van der Waals surface area contributed by atoms with Crippen molar-refractivity contribution in [1.82, 2.24) is 0 Å². The van der Waals surface area contributed by atoms with Crippen LogP contribution in [0.5, 0.6) is 0 Å². The van der Waals surface area contributed by atoms with E-state index in [1.54, 1.807) is 21.4 Å². The van der Waals surface area contributed by atoms with Crippen LogP contribution in [0.25, 0.3) is 10.1 Å². The van der Waals surface area contributed by atoms with Gasteiger partial charge in [0, 0.05) is 29.5 Å². The molecule has 1 aromatic carbocycles. The second-order valence-corrected chi connectivity index (χ2v) is 10.0. The minimum atomic E-state index is 0.234. The highest BCUT2D eigenvalue weighted by Gasteiger charge is 2.58. The van der Waals surface area contributed by atoms with Gasteiger partial charge in [-0.3, -0.25) is 0 Å². The highest BCUT2D eigenvalue weighted by molar-refractivity contribution is 7.19. The lowest BCUT2D eigenvalue weighted by Crippen LogP contribution is -2.55. The molecule has 2 heteroatoms. The van der Waals surface area contributed by atoms with E-state index >= 15 is 0 Å². The summed E-state index contributed by atoms with van der Waals surface area (Å²) in [7, 11) is 0. The second-order valence-electron chi connectivity index (χ2n) is 8.94. The van der Waals surface area contributed by atoms with E-state index in [0.717, 1.165) is 0 Å². The summed E-state index contributed by atoms with van der Waals surface area (Å²) < 4.78 is 4.33. The summed E-state index contributed by atoms with van der Waals surface area (Å²) in [5, 5.41) is 1.58. The number of rotatable bonds is 5. The third kappa shape index (κ3) is 2.26. The molecule has 4 atom stereocenters. The Hall–Kier alpha value is -1.41. The molecule has 0 saturated carbocycles. The summed E-state index contributed by atoms with van der Waals surface area (Å²) in [6.45, 7) is 9.64. The number of hydrogen-bond acceptors (Lipinski definition) is 1. The van der Waals surface area contributed by atoms with Crippen LogP contribution >= 0.6 is 11.3 Å². The predicted molar refractivity (Wildman–Crippen MR) is 117 cm³/mol. The Labute approximate surface area is 167 Å². The highest BCUT2D eigenvalue weighted by Crippen LogP contribution is 2.58. The van der Waals surface area contributed by atoms with Crippen molar-refractivity contribution in [1.29, 1.82) is 0 Å². The van der Waals surface area contributed by atoms with Gasteiger partial charge in [0.1, 0.15) is 0 Å². The lowest BCUT2D eigenvalue weighted by molar-refractivity contribution is -0.658. The third-order valence-corrected chi connectivity index (χ3v) is 9.01. The minimum Gasteiger partial charge on any atom is -0.221 e. The van der Waals surface area contributed by atoms with Crippen molar-refractivity contribution in [3.8, 4) is 0 Å². The summed E-state index contributed by atoms with van der Waals surface area (Å²) >= 11 is 2.08. The summed E-state index contributed by atoms with van der Waals surface area (Å²) in [5.74, 6) is 1.27. The van der Waals surface area contributed by atoms with Crippen molar-refractivity contribution in [2.45, 2.75) is 83.7 Å². The maximum Gasteiger partial charge on any atom is 0.194 e. The highest BCUT2D eigenvalue weighted by atomic mass is 32.1. The van der Waals surface area contributed by atoms with Crippen LogP contribution in [-0.2, 0) is 6.42 Å². The van der Waals surface area contributed by atoms with Crippen LogP contribution in [0.15, 0.2) is 29.8 Å². The van der Waals surface area contributed by atoms with E-state index in [9.17, 15) is 0 Å². The number of nitrogens with zero attached hydrogens (tertiary/aromatic N) is 1. The molecule has 142 valence electrons. The quantitative estimate of drug-likeness (QED) is 0.493. The summed E-state index contributed by atoms with van der Waals surface area (Å²) in [6, 6.07) is 7.86. The maximum absolute atomic E-state index is 2.83. The average Bonchev–Trinajstić information content (AvgIpc) is 3.02. The van der Waals surface area contributed by atoms with Crippen molar-refractivity contribution < 1.29 is 4.58 Å². The SMILES string of the molecule is CCCCC1=CC=[N+]2C(c3sc4ccc5cc4c3C(CC)C2(CC)C5)C1C. The van der Waals surface area contributed by atoms with E-state index in [0.29, 0.717) is 17.9 Å². The fraction of sp³-hybridized carbons (Fsp3) is 0.560. The molecule has 27 heavy (non-hydrogen) atoms. The lowest BCUT2D eigenvalue weighted by Gasteiger charge is -2.46. The molecule has 2 aliphatic heterocycles. The Morgan fingerprint density at radius 3 is 2.81 bits per heavy atom. The molecule has 5 rings (SSSR count). The smallest absolute Gasteiger partial charge is 0.194 e. The van der Waals surface area contributed by atoms with Gasteiger partial charge in [-0.15, -0.1) is 11.3 Å². The molecular weight excluding hydrogens is 346 g/mol. The van der Waals surface area contributed by atoms with Gasteiger partial charge in [0.05, 0.1) is 10.8 Å². The Morgan fingerprint density at radius 1 is 1.22 bits per heavy atom. The lowest BCUT2D eigenvalue weighted by atomic mass is 9.67. The van der Waals surface area contributed by atoms with E-state index in [1.807, 2.05) is 0 Å². The zero-order valence-corrected chi connectivity index (χ0v) is 18.0. The molecule has 4 bridgehead atoms. The number of benzene rings is 1. The molecule has 0 spiro atoms. The zero-order valence-electron chi connectivity index (χ0n) is 17.2. The standard InChI is InChI=1S/C25H32NS/c1-5-8-9-18-12-13-26-23(16(18)4)24-22-19-14-17(10-11-21(19)27-24)15-25(26,7-3)20(22)6-2/h10-14,16,20,23H,5-9,15H2,1-4H3/q+1. The van der Waals surface area contributed by atoms with Crippen molar-refractivity contribution >= 4 is 27.6 Å². The van der Waals surface area contributed by atoms with Gasteiger partial charge in [0.25, 0.3) is 0 Å². The molecule has 0 radical (unpaired) electrons. The van der Waals surface area contributed by atoms with E-state index in [-0.39, 0.29) is 5.54 Å². The van der Waals surface area contributed by atoms with Gasteiger partial charge in [0.2, 0.25) is 0 Å². The number of hydrogen-bond donors (Lipinski definition) is 0. The molecule has 0 N–H and O–H groups in total. The van der Waals surface area contributed by atoms with Crippen LogP contribution in [0.3, 0.4) is 0 Å². The van der Waals surface area contributed by atoms with Gasteiger partial charge in [0.15, 0.2) is 17.8 Å². The van der Waals surface area contributed by atoms with Gasteiger partial charge in [-0.05, 0) is 47.9 Å². The Kier molecular flexibility index (Phi) is 4.13. The first-order chi connectivity index (χ1) is 13.1. The summed E-state index contributed by atoms with van der Waals surface area (Å²) in [6.07, 6.45) is 12.5. The summed E-state index contributed by atoms with van der Waals surface area (Å²) in [5.41, 5.74) is 5.16. The van der Waals surface area contributed by atoms with Crippen molar-refractivity contribution in [2.75, 3.05) is 0 Å². The Morgan fingerprint density at radius 2 is 2.07 bits per heavy atom. The number of fused-ring (bicyclic) bond motifs is 5. The van der Waals surface area contributed by atoms with Gasteiger partial charge in [-0.2, -0.15) is 0 Å². The topological polar surface area (TPSA) is 3.01 Å². The molecule has 1 nitrogen and oxygen atoms in total.